The highest BCUT2D eigenvalue weighted by molar-refractivity contribution is 6.96. The van der Waals surface area contributed by atoms with Crippen molar-refractivity contribution in [3.8, 4) is 0 Å². The molecule has 1 rings (SSSR count). The summed E-state index contributed by atoms with van der Waals surface area (Å²) in [6, 6.07) is 11.1. The van der Waals surface area contributed by atoms with Crippen LogP contribution in [0.1, 0.15) is 65.2 Å². The van der Waals surface area contributed by atoms with Gasteiger partial charge in [-0.15, -0.1) is 0 Å². The topological polar surface area (TPSA) is 0 Å². The van der Waals surface area contributed by atoms with Gasteiger partial charge in [0, 0.05) is 0 Å². The molecular formula is C24H38Si. The van der Waals surface area contributed by atoms with Crippen molar-refractivity contribution in [3.05, 3.63) is 65.9 Å². The van der Waals surface area contributed by atoms with Crippen LogP contribution in [-0.4, -0.2) is 8.07 Å². The minimum atomic E-state index is -1.63. The van der Waals surface area contributed by atoms with Crippen molar-refractivity contribution in [3.63, 3.8) is 0 Å². The van der Waals surface area contributed by atoms with Crippen molar-refractivity contribution >= 4 is 13.3 Å². The highest BCUT2D eigenvalue weighted by Gasteiger charge is 2.26. The summed E-state index contributed by atoms with van der Waals surface area (Å²) in [7, 11) is -1.63. The summed E-state index contributed by atoms with van der Waals surface area (Å²) in [5.41, 5.74) is 0. The minimum Gasteiger partial charge on any atom is -0.0846 e. The Bertz CT molecular complexity index is 534. The van der Waals surface area contributed by atoms with Crippen LogP contribution in [0, 0.1) is 0 Å². The molecule has 0 fully saturated rings. The average Bonchev–Trinajstić information content (AvgIpc) is 2.63. The smallest absolute Gasteiger partial charge is 0.0846 e. The Hall–Kier alpha value is -1.34. The molecule has 0 amide bonds. The molecule has 0 N–H and O–H groups in total. The normalized spacial score (nSPS) is 13.2. The van der Waals surface area contributed by atoms with Gasteiger partial charge in [0.1, 0.15) is 8.07 Å². The summed E-state index contributed by atoms with van der Waals surface area (Å²) in [4.78, 5) is 0. The fraction of sp³-hybridized carbons (Fsp3) is 0.500. The van der Waals surface area contributed by atoms with Gasteiger partial charge in [0.15, 0.2) is 0 Å². The van der Waals surface area contributed by atoms with Crippen LogP contribution in [0.2, 0.25) is 13.1 Å². The van der Waals surface area contributed by atoms with Crippen LogP contribution in [0.4, 0.5) is 0 Å². The molecule has 1 aromatic rings. The van der Waals surface area contributed by atoms with E-state index < -0.39 is 8.07 Å². The predicted octanol–water partition coefficient (Wildman–Crippen LogP) is 7.34. The molecule has 138 valence electrons. The zero-order valence-corrected chi connectivity index (χ0v) is 17.9. The van der Waals surface area contributed by atoms with E-state index in [1.807, 2.05) is 0 Å². The van der Waals surface area contributed by atoms with Crippen LogP contribution in [0.5, 0.6) is 0 Å². The van der Waals surface area contributed by atoms with E-state index >= 15 is 0 Å². The molecule has 0 atom stereocenters. The van der Waals surface area contributed by atoms with Gasteiger partial charge < -0.3 is 0 Å². The molecule has 0 unspecified atom stereocenters. The van der Waals surface area contributed by atoms with Gasteiger partial charge in [-0.25, -0.2) is 0 Å². The Morgan fingerprint density at radius 1 is 0.840 bits per heavy atom. The first-order valence-electron chi connectivity index (χ1n) is 10.2. The monoisotopic (exact) mass is 354 g/mol. The van der Waals surface area contributed by atoms with Gasteiger partial charge in [0.25, 0.3) is 0 Å². The lowest BCUT2D eigenvalue weighted by atomic mass is 10.1. The molecule has 0 aromatic heterocycles. The van der Waals surface area contributed by atoms with Gasteiger partial charge in [0.2, 0.25) is 0 Å². The molecule has 25 heavy (non-hydrogen) atoms. The summed E-state index contributed by atoms with van der Waals surface area (Å²) in [5.74, 6) is 0. The molecule has 1 aromatic carbocycles. The van der Waals surface area contributed by atoms with E-state index in [0.717, 1.165) is 0 Å². The maximum absolute atomic E-state index is 2.47. The second-order valence-corrected chi connectivity index (χ2v) is 11.8. The summed E-state index contributed by atoms with van der Waals surface area (Å²) in [6.45, 7) is 9.46. The number of allylic oxidation sites excluding steroid dienone is 6. The van der Waals surface area contributed by atoms with Gasteiger partial charge >= 0.3 is 0 Å². The van der Waals surface area contributed by atoms with Crippen molar-refractivity contribution in [2.24, 2.45) is 0 Å². The SMILES string of the molecule is CCCC/C=C/C(=C/C=C/CCCCCC)[Si](C)(C)c1ccccc1. The van der Waals surface area contributed by atoms with Crippen LogP contribution >= 0.6 is 0 Å². The quantitative estimate of drug-likeness (QED) is 0.209. The molecule has 0 saturated heterocycles. The second kappa shape index (κ2) is 12.9. The van der Waals surface area contributed by atoms with E-state index in [1.54, 1.807) is 0 Å². The largest absolute Gasteiger partial charge is 0.112 e. The molecule has 0 radical (unpaired) electrons. The first-order valence-corrected chi connectivity index (χ1v) is 13.2. The Morgan fingerprint density at radius 2 is 1.52 bits per heavy atom. The third-order valence-corrected chi connectivity index (χ3v) is 8.43. The van der Waals surface area contributed by atoms with Gasteiger partial charge in [0.05, 0.1) is 0 Å². The highest BCUT2D eigenvalue weighted by Crippen LogP contribution is 2.18. The van der Waals surface area contributed by atoms with E-state index in [9.17, 15) is 0 Å². The van der Waals surface area contributed by atoms with E-state index in [2.05, 4.69) is 87.7 Å². The van der Waals surface area contributed by atoms with Crippen LogP contribution in [0.15, 0.2) is 65.9 Å². The number of hydrogen-bond acceptors (Lipinski definition) is 0. The van der Waals surface area contributed by atoms with Gasteiger partial charge in [-0.1, -0.05) is 130 Å². The fourth-order valence-corrected chi connectivity index (χ4v) is 5.39. The Kier molecular flexibility index (Phi) is 11.2. The standard InChI is InChI=1S/C24H38Si/c1-5-7-9-11-12-13-16-20-23(19-15-10-8-6-2)25(3,4)24-21-17-14-18-22-24/h13-22H,5-12H2,1-4H3/b16-13+,19-15+,23-20-. The Balaban J connectivity index is 2.83. The van der Waals surface area contributed by atoms with E-state index in [0.29, 0.717) is 0 Å². The molecule has 0 spiro atoms. The zero-order valence-electron chi connectivity index (χ0n) is 16.9. The molecule has 1 heteroatoms. The maximum atomic E-state index is 2.47. The van der Waals surface area contributed by atoms with Crippen LogP contribution in [0.3, 0.4) is 0 Å². The number of benzene rings is 1. The van der Waals surface area contributed by atoms with Gasteiger partial charge in [-0.05, 0) is 19.3 Å². The highest BCUT2D eigenvalue weighted by atomic mass is 28.3. The summed E-state index contributed by atoms with van der Waals surface area (Å²) in [6.07, 6.45) is 22.1. The third-order valence-electron chi connectivity index (χ3n) is 4.88. The lowest BCUT2D eigenvalue weighted by molar-refractivity contribution is 0.674. The van der Waals surface area contributed by atoms with E-state index in [4.69, 9.17) is 0 Å². The average molecular weight is 355 g/mol. The maximum Gasteiger partial charge on any atom is 0.112 e. The molecular weight excluding hydrogens is 316 g/mol. The van der Waals surface area contributed by atoms with Crippen LogP contribution in [-0.2, 0) is 0 Å². The van der Waals surface area contributed by atoms with Crippen molar-refractivity contribution < 1.29 is 0 Å². The molecule has 0 bridgehead atoms. The van der Waals surface area contributed by atoms with Crippen molar-refractivity contribution in [1.82, 2.24) is 0 Å². The predicted molar refractivity (Wildman–Crippen MR) is 118 cm³/mol. The lowest BCUT2D eigenvalue weighted by Gasteiger charge is -2.24. The number of hydrogen-bond donors (Lipinski definition) is 0. The second-order valence-electron chi connectivity index (χ2n) is 7.44. The van der Waals surface area contributed by atoms with Crippen molar-refractivity contribution in [1.29, 1.82) is 0 Å². The number of rotatable bonds is 12. The molecule has 0 saturated carbocycles. The van der Waals surface area contributed by atoms with E-state index in [-0.39, 0.29) is 0 Å². The molecule has 0 aliphatic rings. The molecule has 0 nitrogen and oxygen atoms in total. The molecule has 0 aliphatic heterocycles. The van der Waals surface area contributed by atoms with E-state index in [1.165, 1.54) is 61.7 Å². The van der Waals surface area contributed by atoms with Crippen LogP contribution in [0.25, 0.3) is 0 Å². The summed E-state index contributed by atoms with van der Waals surface area (Å²) < 4.78 is 0. The fourth-order valence-electron chi connectivity index (χ4n) is 2.98. The Morgan fingerprint density at radius 3 is 2.20 bits per heavy atom. The van der Waals surface area contributed by atoms with Gasteiger partial charge in [-0.3, -0.25) is 0 Å². The van der Waals surface area contributed by atoms with Crippen LogP contribution < -0.4 is 5.19 Å². The first kappa shape index (κ1) is 21.7. The molecule has 0 heterocycles. The Labute approximate surface area is 157 Å². The summed E-state index contributed by atoms with van der Waals surface area (Å²) >= 11 is 0. The van der Waals surface area contributed by atoms with Crippen molar-refractivity contribution in [2.45, 2.75) is 78.3 Å². The van der Waals surface area contributed by atoms with Crippen molar-refractivity contribution in [2.75, 3.05) is 0 Å². The lowest BCUT2D eigenvalue weighted by Crippen LogP contribution is -2.43. The van der Waals surface area contributed by atoms with Gasteiger partial charge in [-0.2, -0.15) is 0 Å². The molecule has 0 aliphatic carbocycles. The first-order chi connectivity index (χ1) is 12.1. The minimum absolute atomic E-state index is 1.19. The third kappa shape index (κ3) is 8.53. The zero-order chi connectivity index (χ0) is 18.4. The summed E-state index contributed by atoms with van der Waals surface area (Å²) in [5, 5.41) is 3.04. The number of unbranched alkanes of at least 4 members (excludes halogenated alkanes) is 6.